The molecule has 7 heteroatoms. The minimum absolute atomic E-state index is 0.0419. The van der Waals surface area contributed by atoms with E-state index in [0.717, 1.165) is 0 Å². The lowest BCUT2D eigenvalue weighted by molar-refractivity contribution is -0.110. The van der Waals surface area contributed by atoms with Crippen molar-refractivity contribution in [3.05, 3.63) is 65.7 Å². The highest BCUT2D eigenvalue weighted by molar-refractivity contribution is 5.97. The van der Waals surface area contributed by atoms with Gasteiger partial charge < -0.3 is 24.0 Å². The largest absolute Gasteiger partial charge is 0.497 e. The quantitative estimate of drug-likeness (QED) is 0.616. The first-order valence-corrected chi connectivity index (χ1v) is 8.25. The van der Waals surface area contributed by atoms with Gasteiger partial charge in [-0.25, -0.2) is 4.39 Å². The highest BCUT2D eigenvalue weighted by atomic mass is 19.1. The zero-order valence-electron chi connectivity index (χ0n) is 14.6. The van der Waals surface area contributed by atoms with Gasteiger partial charge in [0.05, 0.1) is 20.3 Å². The fourth-order valence-electron chi connectivity index (χ4n) is 2.55. The summed E-state index contributed by atoms with van der Waals surface area (Å²) in [6.07, 6.45) is 0.579. The Kier molecular flexibility index (Phi) is 5.83. The van der Waals surface area contributed by atoms with E-state index in [-0.39, 0.29) is 24.8 Å². The molecule has 0 saturated heterocycles. The SMILES string of the molecule is COc1ccc2oc(C(=O)N[C@H](C=O)COCc3cccc(F)c3)cc2c1. The van der Waals surface area contributed by atoms with Crippen molar-refractivity contribution in [1.82, 2.24) is 5.32 Å². The van der Waals surface area contributed by atoms with Crippen LogP contribution in [0.5, 0.6) is 5.75 Å². The van der Waals surface area contributed by atoms with E-state index >= 15 is 0 Å². The number of ether oxygens (including phenoxy) is 2. The second-order valence-corrected chi connectivity index (χ2v) is 5.88. The summed E-state index contributed by atoms with van der Waals surface area (Å²) in [5.74, 6) is -0.170. The summed E-state index contributed by atoms with van der Waals surface area (Å²) in [5.41, 5.74) is 1.17. The van der Waals surface area contributed by atoms with Crippen molar-refractivity contribution in [3.8, 4) is 5.75 Å². The monoisotopic (exact) mass is 371 g/mol. The highest BCUT2D eigenvalue weighted by Crippen LogP contribution is 2.24. The predicted molar refractivity (Wildman–Crippen MR) is 96.1 cm³/mol. The van der Waals surface area contributed by atoms with Crippen LogP contribution in [0.25, 0.3) is 11.0 Å². The lowest BCUT2D eigenvalue weighted by Gasteiger charge is -2.12. The van der Waals surface area contributed by atoms with E-state index in [0.29, 0.717) is 28.6 Å². The first-order valence-electron chi connectivity index (χ1n) is 8.25. The Morgan fingerprint density at radius 2 is 2.11 bits per heavy atom. The smallest absolute Gasteiger partial charge is 0.287 e. The molecule has 1 N–H and O–H groups in total. The molecular weight excluding hydrogens is 353 g/mol. The topological polar surface area (TPSA) is 77.8 Å². The van der Waals surface area contributed by atoms with E-state index in [9.17, 15) is 14.0 Å². The number of carbonyl (C=O) groups excluding carboxylic acids is 2. The molecule has 1 amide bonds. The van der Waals surface area contributed by atoms with Gasteiger partial charge in [0, 0.05) is 5.39 Å². The van der Waals surface area contributed by atoms with E-state index in [1.807, 2.05) is 0 Å². The molecule has 0 radical (unpaired) electrons. The van der Waals surface area contributed by atoms with Crippen LogP contribution < -0.4 is 10.1 Å². The maximum absolute atomic E-state index is 13.1. The molecule has 1 atom stereocenters. The van der Waals surface area contributed by atoms with Crippen LogP contribution in [-0.2, 0) is 16.1 Å². The molecule has 0 aliphatic heterocycles. The van der Waals surface area contributed by atoms with Gasteiger partial charge in [-0.15, -0.1) is 0 Å². The van der Waals surface area contributed by atoms with Gasteiger partial charge in [-0.1, -0.05) is 12.1 Å². The van der Waals surface area contributed by atoms with Crippen LogP contribution in [0.3, 0.4) is 0 Å². The van der Waals surface area contributed by atoms with Crippen LogP contribution in [0.1, 0.15) is 16.1 Å². The van der Waals surface area contributed by atoms with Crippen LogP contribution >= 0.6 is 0 Å². The standard InChI is InChI=1S/C20H18FNO5/c1-25-17-5-6-18-14(8-17)9-19(27-18)20(24)22-16(10-23)12-26-11-13-3-2-4-15(21)7-13/h2-10,16H,11-12H2,1H3,(H,22,24)/t16-/m1/s1. The Hall–Kier alpha value is -3.19. The maximum Gasteiger partial charge on any atom is 0.287 e. The van der Waals surface area contributed by atoms with Gasteiger partial charge in [-0.3, -0.25) is 4.79 Å². The Balaban J connectivity index is 1.58. The normalized spacial score (nSPS) is 11.9. The molecule has 0 bridgehead atoms. The van der Waals surface area contributed by atoms with Crippen molar-refractivity contribution in [3.63, 3.8) is 0 Å². The zero-order valence-corrected chi connectivity index (χ0v) is 14.6. The molecule has 3 aromatic rings. The number of hydrogen-bond donors (Lipinski definition) is 1. The number of halogens is 1. The number of carbonyl (C=O) groups is 2. The number of methoxy groups -OCH3 is 1. The fourth-order valence-corrected chi connectivity index (χ4v) is 2.55. The third-order valence-corrected chi connectivity index (χ3v) is 3.88. The van der Waals surface area contributed by atoms with Gasteiger partial charge >= 0.3 is 0 Å². The van der Waals surface area contributed by atoms with Gasteiger partial charge in [0.1, 0.15) is 29.5 Å². The Morgan fingerprint density at radius 1 is 1.26 bits per heavy atom. The summed E-state index contributed by atoms with van der Waals surface area (Å²) in [4.78, 5) is 23.5. The Morgan fingerprint density at radius 3 is 2.85 bits per heavy atom. The third-order valence-electron chi connectivity index (χ3n) is 3.88. The summed E-state index contributed by atoms with van der Waals surface area (Å²) >= 11 is 0. The molecule has 0 saturated carbocycles. The number of hydrogen-bond acceptors (Lipinski definition) is 5. The predicted octanol–water partition coefficient (Wildman–Crippen LogP) is 3.09. The number of nitrogens with one attached hydrogen (secondary N) is 1. The lowest BCUT2D eigenvalue weighted by atomic mass is 10.2. The van der Waals surface area contributed by atoms with Crippen molar-refractivity contribution < 1.29 is 27.9 Å². The fraction of sp³-hybridized carbons (Fsp3) is 0.200. The Bertz CT molecular complexity index is 952. The van der Waals surface area contributed by atoms with Crippen LogP contribution in [0.2, 0.25) is 0 Å². The van der Waals surface area contributed by atoms with E-state index in [2.05, 4.69) is 5.32 Å². The molecular formula is C20H18FNO5. The zero-order chi connectivity index (χ0) is 19.2. The molecule has 1 heterocycles. The van der Waals surface area contributed by atoms with Crippen molar-refractivity contribution in [2.24, 2.45) is 0 Å². The van der Waals surface area contributed by atoms with E-state index < -0.39 is 11.9 Å². The molecule has 0 aliphatic carbocycles. The second kappa shape index (κ2) is 8.46. The van der Waals surface area contributed by atoms with Crippen molar-refractivity contribution in [2.45, 2.75) is 12.6 Å². The van der Waals surface area contributed by atoms with Crippen molar-refractivity contribution >= 4 is 23.2 Å². The molecule has 0 unspecified atom stereocenters. The van der Waals surface area contributed by atoms with Crippen LogP contribution in [-0.4, -0.2) is 32.0 Å². The molecule has 0 spiro atoms. The summed E-state index contributed by atoms with van der Waals surface area (Å²) in [6.45, 7) is 0.0855. The molecule has 2 aromatic carbocycles. The van der Waals surface area contributed by atoms with E-state index in [1.165, 1.54) is 12.1 Å². The minimum Gasteiger partial charge on any atom is -0.497 e. The van der Waals surface area contributed by atoms with Crippen molar-refractivity contribution in [2.75, 3.05) is 13.7 Å². The molecule has 140 valence electrons. The van der Waals surface area contributed by atoms with Crippen LogP contribution in [0, 0.1) is 5.82 Å². The second-order valence-electron chi connectivity index (χ2n) is 5.88. The molecule has 0 aliphatic rings. The summed E-state index contributed by atoms with van der Waals surface area (Å²) < 4.78 is 29.2. The van der Waals surface area contributed by atoms with E-state index in [1.54, 1.807) is 43.5 Å². The number of furan rings is 1. The molecule has 27 heavy (non-hydrogen) atoms. The summed E-state index contributed by atoms with van der Waals surface area (Å²) in [5, 5.41) is 3.25. The number of rotatable bonds is 8. The van der Waals surface area contributed by atoms with Gasteiger partial charge in [0.25, 0.3) is 5.91 Å². The number of amides is 1. The summed E-state index contributed by atoms with van der Waals surface area (Å²) in [7, 11) is 1.55. The molecule has 0 fully saturated rings. The van der Waals surface area contributed by atoms with Crippen LogP contribution in [0.4, 0.5) is 4.39 Å². The average Bonchev–Trinajstić information content (AvgIpc) is 3.10. The first kappa shape index (κ1) is 18.6. The Labute approximate surface area is 154 Å². The van der Waals surface area contributed by atoms with Gasteiger partial charge in [0.15, 0.2) is 5.76 Å². The maximum atomic E-state index is 13.1. The van der Waals surface area contributed by atoms with Gasteiger partial charge in [-0.05, 0) is 42.0 Å². The minimum atomic E-state index is -0.853. The number of fused-ring (bicyclic) bond motifs is 1. The molecule has 3 rings (SSSR count). The first-order chi connectivity index (χ1) is 13.1. The third kappa shape index (κ3) is 4.71. The highest BCUT2D eigenvalue weighted by Gasteiger charge is 2.17. The number of aldehydes is 1. The van der Waals surface area contributed by atoms with E-state index in [4.69, 9.17) is 13.9 Å². The van der Waals surface area contributed by atoms with Crippen LogP contribution in [0.15, 0.2) is 52.9 Å². The molecule has 6 nitrogen and oxygen atoms in total. The van der Waals surface area contributed by atoms with Crippen molar-refractivity contribution in [1.29, 1.82) is 0 Å². The molecule has 1 aromatic heterocycles. The van der Waals surface area contributed by atoms with Gasteiger partial charge in [-0.2, -0.15) is 0 Å². The average molecular weight is 371 g/mol. The van der Waals surface area contributed by atoms with Gasteiger partial charge in [0.2, 0.25) is 0 Å². The summed E-state index contributed by atoms with van der Waals surface area (Å²) in [6, 6.07) is 11.8. The lowest BCUT2D eigenvalue weighted by Crippen LogP contribution is -2.39. The number of benzene rings is 2.